The summed E-state index contributed by atoms with van der Waals surface area (Å²) in [6.07, 6.45) is 0. The van der Waals surface area contributed by atoms with Crippen molar-refractivity contribution in [2.24, 2.45) is 0 Å². The highest BCUT2D eigenvalue weighted by Gasteiger charge is 2.11. The largest absolute Gasteiger partial charge is 0.465 e. The van der Waals surface area contributed by atoms with E-state index >= 15 is 0 Å². The normalized spacial score (nSPS) is 10.7. The molecule has 0 fully saturated rings. The molecule has 0 atom stereocenters. The smallest absolute Gasteiger partial charge is 0.329 e. The third kappa shape index (κ3) is 3.73. The van der Waals surface area contributed by atoms with Crippen molar-refractivity contribution in [3.63, 3.8) is 0 Å². The molecule has 0 radical (unpaired) electrons. The Morgan fingerprint density at radius 3 is 2.65 bits per heavy atom. The second-order valence-electron chi connectivity index (χ2n) is 4.55. The molecule has 0 saturated carbocycles. The van der Waals surface area contributed by atoms with Crippen molar-refractivity contribution in [1.29, 1.82) is 0 Å². The number of aromatic nitrogens is 8. The van der Waals surface area contributed by atoms with Gasteiger partial charge in [-0.3, -0.25) is 0 Å². The Balaban J connectivity index is 1.65. The number of carbonyl (C=O) groups excluding carboxylic acids is 1. The lowest BCUT2D eigenvalue weighted by molar-refractivity contribution is -0.144. The molecule has 0 N–H and O–H groups in total. The van der Waals surface area contributed by atoms with E-state index in [9.17, 15) is 4.79 Å². The molecule has 2 aromatic heterocycles. The van der Waals surface area contributed by atoms with Gasteiger partial charge in [0.05, 0.1) is 6.61 Å². The van der Waals surface area contributed by atoms with Crippen LogP contribution in [0.25, 0.3) is 11.4 Å². The summed E-state index contributed by atoms with van der Waals surface area (Å²) in [6, 6.07) is 9.52. The molecule has 0 saturated heterocycles. The van der Waals surface area contributed by atoms with E-state index in [0.29, 0.717) is 18.3 Å². The van der Waals surface area contributed by atoms with Crippen LogP contribution in [0.4, 0.5) is 0 Å². The number of hydrogen-bond donors (Lipinski definition) is 0. The van der Waals surface area contributed by atoms with E-state index in [1.165, 1.54) is 9.59 Å². The number of ether oxygens (including phenoxy) is 1. The number of hydrogen-bond acceptors (Lipinski definition) is 8. The molecule has 2 heterocycles. The number of nitrogens with zero attached hydrogens (tertiary/aromatic N) is 8. The predicted molar refractivity (Wildman–Crippen MR) is 76.8 cm³/mol. The van der Waals surface area contributed by atoms with Crippen LogP contribution in [0.3, 0.4) is 0 Å². The van der Waals surface area contributed by atoms with E-state index < -0.39 is 5.97 Å². The fraction of sp³-hybridized carbons (Fsp3) is 0.308. The molecule has 0 unspecified atom stereocenters. The number of esters is 1. The summed E-state index contributed by atoms with van der Waals surface area (Å²) in [5.41, 5.74) is 0.873. The first-order chi connectivity index (χ1) is 11.2. The van der Waals surface area contributed by atoms with Gasteiger partial charge >= 0.3 is 5.97 Å². The summed E-state index contributed by atoms with van der Waals surface area (Å²) in [4.78, 5) is 13.9. The van der Waals surface area contributed by atoms with Crippen molar-refractivity contribution in [2.75, 3.05) is 6.61 Å². The van der Waals surface area contributed by atoms with Gasteiger partial charge < -0.3 is 4.74 Å². The maximum absolute atomic E-state index is 11.3. The van der Waals surface area contributed by atoms with Gasteiger partial charge in [-0.05, 0) is 17.4 Å². The fourth-order valence-electron chi connectivity index (χ4n) is 1.87. The average Bonchev–Trinajstić information content (AvgIpc) is 3.19. The molecule has 1 aromatic carbocycles. The Morgan fingerprint density at radius 2 is 1.87 bits per heavy atom. The lowest BCUT2D eigenvalue weighted by atomic mass is 10.2. The van der Waals surface area contributed by atoms with E-state index in [1.807, 2.05) is 30.3 Å². The Labute approximate surface area is 131 Å². The molecule has 23 heavy (non-hydrogen) atoms. The van der Waals surface area contributed by atoms with Crippen LogP contribution in [0.15, 0.2) is 30.3 Å². The van der Waals surface area contributed by atoms with Crippen LogP contribution < -0.4 is 0 Å². The summed E-state index contributed by atoms with van der Waals surface area (Å²) in [7, 11) is 0. The maximum Gasteiger partial charge on any atom is 0.329 e. The Morgan fingerprint density at radius 1 is 1.09 bits per heavy atom. The van der Waals surface area contributed by atoms with Crippen molar-refractivity contribution < 1.29 is 9.53 Å². The highest BCUT2D eigenvalue weighted by molar-refractivity contribution is 5.68. The van der Waals surface area contributed by atoms with Gasteiger partial charge in [0, 0.05) is 5.56 Å². The highest BCUT2D eigenvalue weighted by atomic mass is 16.5. The first kappa shape index (κ1) is 14.8. The van der Waals surface area contributed by atoms with Crippen molar-refractivity contribution in [3.05, 3.63) is 36.2 Å². The lowest BCUT2D eigenvalue weighted by Crippen LogP contribution is -2.16. The molecule has 10 heteroatoms. The Bertz CT molecular complexity index is 782. The van der Waals surface area contributed by atoms with E-state index in [1.54, 1.807) is 6.92 Å². The second kappa shape index (κ2) is 6.73. The molecule has 0 bridgehead atoms. The van der Waals surface area contributed by atoms with Gasteiger partial charge in [-0.15, -0.1) is 20.4 Å². The zero-order valence-corrected chi connectivity index (χ0v) is 12.4. The van der Waals surface area contributed by atoms with E-state index in [-0.39, 0.29) is 13.1 Å². The van der Waals surface area contributed by atoms with Gasteiger partial charge in [0.2, 0.25) is 5.82 Å². The van der Waals surface area contributed by atoms with Crippen LogP contribution in [0, 0.1) is 0 Å². The fourth-order valence-corrected chi connectivity index (χ4v) is 1.87. The standard InChI is InChI=1S/C13H14N8O2/c1-2-23-12(22)9-21-16-11(14-18-21)8-20-17-13(15-19-20)10-6-4-3-5-7-10/h3-7H,2,8-9H2,1H3. The highest BCUT2D eigenvalue weighted by Crippen LogP contribution is 2.11. The first-order valence-corrected chi connectivity index (χ1v) is 7.00. The Kier molecular flexibility index (Phi) is 4.32. The molecule has 118 valence electrons. The van der Waals surface area contributed by atoms with Crippen LogP contribution in [0.1, 0.15) is 12.7 Å². The minimum absolute atomic E-state index is 0.0824. The van der Waals surface area contributed by atoms with Crippen LogP contribution in [-0.4, -0.2) is 53.0 Å². The van der Waals surface area contributed by atoms with Gasteiger partial charge in [0.15, 0.2) is 12.4 Å². The molecular weight excluding hydrogens is 300 g/mol. The molecule has 10 nitrogen and oxygen atoms in total. The van der Waals surface area contributed by atoms with Gasteiger partial charge in [0.25, 0.3) is 0 Å². The van der Waals surface area contributed by atoms with Gasteiger partial charge in [-0.25, -0.2) is 4.79 Å². The number of tetrazole rings is 2. The summed E-state index contributed by atoms with van der Waals surface area (Å²) >= 11 is 0. The molecule has 0 aliphatic carbocycles. The van der Waals surface area contributed by atoms with Crippen molar-refractivity contribution >= 4 is 5.97 Å². The van der Waals surface area contributed by atoms with Crippen molar-refractivity contribution in [1.82, 2.24) is 40.4 Å². The summed E-state index contributed by atoms with van der Waals surface area (Å²) in [6.45, 7) is 2.17. The SMILES string of the molecule is CCOC(=O)Cn1nnc(Cn2nnc(-c3ccccc3)n2)n1. The van der Waals surface area contributed by atoms with Crippen LogP contribution in [0.2, 0.25) is 0 Å². The second-order valence-corrected chi connectivity index (χ2v) is 4.55. The minimum atomic E-state index is -0.415. The average molecular weight is 314 g/mol. The van der Waals surface area contributed by atoms with Crippen LogP contribution in [0.5, 0.6) is 0 Å². The predicted octanol–water partition coefficient (Wildman–Crippen LogP) is -0.0620. The molecule has 3 aromatic rings. The van der Waals surface area contributed by atoms with E-state index in [0.717, 1.165) is 5.56 Å². The van der Waals surface area contributed by atoms with Crippen LogP contribution in [-0.2, 0) is 22.6 Å². The molecule has 0 amide bonds. The lowest BCUT2D eigenvalue weighted by Gasteiger charge is -1.98. The Hall–Kier alpha value is -3.17. The number of rotatable bonds is 6. The summed E-state index contributed by atoms with van der Waals surface area (Å²) in [5.74, 6) is 0.484. The van der Waals surface area contributed by atoms with Crippen molar-refractivity contribution in [2.45, 2.75) is 20.0 Å². The molecule has 0 aliphatic rings. The molecule has 0 aliphatic heterocycles. The summed E-state index contributed by atoms with van der Waals surface area (Å²) < 4.78 is 4.82. The third-order valence-corrected chi connectivity index (χ3v) is 2.84. The molecule has 3 rings (SSSR count). The molecular formula is C13H14N8O2. The van der Waals surface area contributed by atoms with Gasteiger partial charge in [-0.1, -0.05) is 30.3 Å². The van der Waals surface area contributed by atoms with Gasteiger partial charge in [-0.2, -0.15) is 9.59 Å². The topological polar surface area (TPSA) is 114 Å². The third-order valence-electron chi connectivity index (χ3n) is 2.84. The maximum atomic E-state index is 11.3. The zero-order valence-electron chi connectivity index (χ0n) is 12.4. The quantitative estimate of drug-likeness (QED) is 0.581. The van der Waals surface area contributed by atoms with Crippen molar-refractivity contribution in [3.8, 4) is 11.4 Å². The van der Waals surface area contributed by atoms with E-state index in [4.69, 9.17) is 4.74 Å². The number of benzene rings is 1. The first-order valence-electron chi connectivity index (χ1n) is 7.00. The molecule has 0 spiro atoms. The van der Waals surface area contributed by atoms with Gasteiger partial charge in [0.1, 0.15) is 6.54 Å². The van der Waals surface area contributed by atoms with Crippen LogP contribution >= 0.6 is 0 Å². The summed E-state index contributed by atoms with van der Waals surface area (Å²) in [5, 5.41) is 23.9. The number of carbonyl (C=O) groups is 1. The monoisotopic (exact) mass is 314 g/mol. The minimum Gasteiger partial charge on any atom is -0.465 e. The zero-order chi connectivity index (χ0) is 16.1. The van der Waals surface area contributed by atoms with E-state index in [2.05, 4.69) is 30.8 Å².